The Balaban J connectivity index is 2.33. The highest BCUT2D eigenvalue weighted by molar-refractivity contribution is 7.98. The lowest BCUT2D eigenvalue weighted by Crippen LogP contribution is -2.05. The van der Waals surface area contributed by atoms with Crippen molar-refractivity contribution in [1.29, 1.82) is 0 Å². The van der Waals surface area contributed by atoms with Gasteiger partial charge in [-0.3, -0.25) is 0 Å². The van der Waals surface area contributed by atoms with Crippen LogP contribution in [0.1, 0.15) is 0 Å². The van der Waals surface area contributed by atoms with E-state index in [1.165, 1.54) is 6.07 Å². The van der Waals surface area contributed by atoms with E-state index in [4.69, 9.17) is 0 Å². The van der Waals surface area contributed by atoms with E-state index in [9.17, 15) is 4.39 Å². The Bertz CT molecular complexity index is 471. The zero-order valence-electron chi connectivity index (χ0n) is 8.80. The van der Waals surface area contributed by atoms with Crippen LogP contribution in [0, 0.1) is 5.82 Å². The molecular formula is C10H11FN4S. The van der Waals surface area contributed by atoms with Gasteiger partial charge in [0.05, 0.1) is 12.1 Å². The number of rotatable bonds is 4. The summed E-state index contributed by atoms with van der Waals surface area (Å²) in [6.07, 6.45) is 2.01. The lowest BCUT2D eigenvalue weighted by Gasteiger charge is -2.03. The van der Waals surface area contributed by atoms with Crippen LogP contribution in [-0.2, 0) is 6.54 Å². The molecule has 0 aliphatic rings. The van der Waals surface area contributed by atoms with Crippen LogP contribution in [0.3, 0.4) is 0 Å². The summed E-state index contributed by atoms with van der Waals surface area (Å²) in [6.45, 7) is 0.678. The normalized spacial score (nSPS) is 10.6. The minimum atomic E-state index is -0.303. The molecule has 0 aliphatic carbocycles. The van der Waals surface area contributed by atoms with E-state index in [0.29, 0.717) is 17.9 Å². The maximum atomic E-state index is 13.5. The van der Waals surface area contributed by atoms with E-state index in [-0.39, 0.29) is 5.82 Å². The average molecular weight is 238 g/mol. The second-order valence-electron chi connectivity index (χ2n) is 3.20. The van der Waals surface area contributed by atoms with Gasteiger partial charge < -0.3 is 0 Å². The molecule has 0 unspecified atom stereocenters. The maximum Gasteiger partial charge on any atom is 0.185 e. The number of nitrogens with zero attached hydrogens (tertiary/aromatic N) is 4. The summed E-state index contributed by atoms with van der Waals surface area (Å²) in [4.78, 5) is 0. The Hall–Kier alpha value is -1.43. The third-order valence-electron chi connectivity index (χ3n) is 2.15. The molecule has 16 heavy (non-hydrogen) atoms. The number of benzene rings is 1. The van der Waals surface area contributed by atoms with Crippen LogP contribution in [-0.4, -0.2) is 32.2 Å². The van der Waals surface area contributed by atoms with Gasteiger partial charge in [0.15, 0.2) is 5.82 Å². The molecular weight excluding hydrogens is 227 g/mol. The molecule has 0 saturated carbocycles. The molecule has 0 spiro atoms. The first kappa shape index (κ1) is 11.1. The predicted octanol–water partition coefficient (Wildman–Crippen LogP) is 1.84. The molecule has 0 bridgehead atoms. The Morgan fingerprint density at radius 3 is 2.94 bits per heavy atom. The van der Waals surface area contributed by atoms with Gasteiger partial charge in [-0.05, 0) is 28.8 Å². The fraction of sp³-hybridized carbons (Fsp3) is 0.300. The van der Waals surface area contributed by atoms with Crippen molar-refractivity contribution in [3.63, 3.8) is 0 Å². The molecule has 0 amide bonds. The van der Waals surface area contributed by atoms with Gasteiger partial charge in [-0.1, -0.05) is 12.1 Å². The van der Waals surface area contributed by atoms with E-state index in [1.807, 2.05) is 6.26 Å². The van der Waals surface area contributed by atoms with E-state index in [1.54, 1.807) is 34.6 Å². The first-order chi connectivity index (χ1) is 7.83. The van der Waals surface area contributed by atoms with Crippen LogP contribution >= 0.6 is 11.8 Å². The SMILES string of the molecule is CSCCn1nnnc1-c1ccccc1F. The average Bonchev–Trinajstić information content (AvgIpc) is 2.75. The zero-order chi connectivity index (χ0) is 11.4. The zero-order valence-corrected chi connectivity index (χ0v) is 9.62. The first-order valence-electron chi connectivity index (χ1n) is 4.83. The maximum absolute atomic E-state index is 13.5. The van der Waals surface area contributed by atoms with Gasteiger partial charge in [0, 0.05) is 5.75 Å². The third-order valence-corrected chi connectivity index (χ3v) is 2.74. The highest BCUT2D eigenvalue weighted by Gasteiger charge is 2.12. The van der Waals surface area contributed by atoms with Gasteiger partial charge in [-0.25, -0.2) is 9.07 Å². The molecule has 1 aromatic carbocycles. The topological polar surface area (TPSA) is 43.6 Å². The second-order valence-corrected chi connectivity index (χ2v) is 4.18. The van der Waals surface area contributed by atoms with Crippen LogP contribution in [0.2, 0.25) is 0 Å². The van der Waals surface area contributed by atoms with Crippen LogP contribution in [0.4, 0.5) is 4.39 Å². The number of aromatic nitrogens is 4. The third kappa shape index (κ3) is 2.21. The predicted molar refractivity (Wildman–Crippen MR) is 61.6 cm³/mol. The summed E-state index contributed by atoms with van der Waals surface area (Å²) < 4.78 is 15.2. The summed E-state index contributed by atoms with van der Waals surface area (Å²) in [7, 11) is 0. The molecule has 0 saturated heterocycles. The Kier molecular flexibility index (Phi) is 3.51. The molecule has 0 aliphatic heterocycles. The van der Waals surface area contributed by atoms with Gasteiger partial charge >= 0.3 is 0 Å². The van der Waals surface area contributed by atoms with E-state index >= 15 is 0 Å². The van der Waals surface area contributed by atoms with Crippen LogP contribution in [0.5, 0.6) is 0 Å². The highest BCUT2D eigenvalue weighted by atomic mass is 32.2. The molecule has 6 heteroatoms. The number of thioether (sulfide) groups is 1. The van der Waals surface area contributed by atoms with Crippen molar-refractivity contribution < 1.29 is 4.39 Å². The number of halogens is 1. The summed E-state index contributed by atoms with van der Waals surface area (Å²) in [5, 5.41) is 11.3. The molecule has 0 fully saturated rings. The van der Waals surface area contributed by atoms with Crippen molar-refractivity contribution in [3.8, 4) is 11.4 Å². The molecule has 84 valence electrons. The summed E-state index contributed by atoms with van der Waals surface area (Å²) in [6, 6.07) is 6.50. The molecule has 0 atom stereocenters. The van der Waals surface area contributed by atoms with Gasteiger partial charge in [0.25, 0.3) is 0 Å². The van der Waals surface area contributed by atoms with Gasteiger partial charge in [0.2, 0.25) is 0 Å². The van der Waals surface area contributed by atoms with Crippen molar-refractivity contribution >= 4 is 11.8 Å². The number of aryl methyl sites for hydroxylation is 1. The first-order valence-corrected chi connectivity index (χ1v) is 6.22. The molecule has 0 N–H and O–H groups in total. The summed E-state index contributed by atoms with van der Waals surface area (Å²) in [5.41, 5.74) is 0.439. The van der Waals surface area contributed by atoms with Crippen molar-refractivity contribution in [3.05, 3.63) is 30.1 Å². The molecule has 2 aromatic rings. The van der Waals surface area contributed by atoms with Gasteiger partial charge in [0.1, 0.15) is 5.82 Å². The largest absolute Gasteiger partial charge is 0.224 e. The van der Waals surface area contributed by atoms with Crippen molar-refractivity contribution in [1.82, 2.24) is 20.2 Å². The summed E-state index contributed by atoms with van der Waals surface area (Å²) in [5.74, 6) is 1.07. The van der Waals surface area contributed by atoms with Crippen LogP contribution in [0.25, 0.3) is 11.4 Å². The monoisotopic (exact) mass is 238 g/mol. The van der Waals surface area contributed by atoms with E-state index < -0.39 is 0 Å². The van der Waals surface area contributed by atoms with E-state index in [2.05, 4.69) is 15.5 Å². The van der Waals surface area contributed by atoms with Crippen molar-refractivity contribution in [2.45, 2.75) is 6.54 Å². The quantitative estimate of drug-likeness (QED) is 0.815. The molecule has 4 nitrogen and oxygen atoms in total. The minimum absolute atomic E-state index is 0.303. The highest BCUT2D eigenvalue weighted by Crippen LogP contribution is 2.19. The molecule has 2 rings (SSSR count). The fourth-order valence-corrected chi connectivity index (χ4v) is 1.72. The Morgan fingerprint density at radius 2 is 2.19 bits per heavy atom. The van der Waals surface area contributed by atoms with Crippen molar-refractivity contribution in [2.75, 3.05) is 12.0 Å². The number of tetrazole rings is 1. The Labute approximate surface area is 96.9 Å². The lowest BCUT2D eigenvalue weighted by molar-refractivity contribution is 0.615. The molecule has 1 aromatic heterocycles. The Morgan fingerprint density at radius 1 is 1.38 bits per heavy atom. The molecule has 1 heterocycles. The standard InChI is InChI=1S/C10H11FN4S/c1-16-7-6-15-10(12-13-14-15)8-4-2-3-5-9(8)11/h2-5H,6-7H2,1H3. The fourth-order valence-electron chi connectivity index (χ4n) is 1.37. The van der Waals surface area contributed by atoms with Gasteiger partial charge in [-0.15, -0.1) is 5.10 Å². The van der Waals surface area contributed by atoms with Gasteiger partial charge in [-0.2, -0.15) is 11.8 Å². The van der Waals surface area contributed by atoms with Crippen molar-refractivity contribution in [2.24, 2.45) is 0 Å². The van der Waals surface area contributed by atoms with Crippen LogP contribution in [0.15, 0.2) is 24.3 Å². The number of hydrogen-bond acceptors (Lipinski definition) is 4. The smallest absolute Gasteiger partial charge is 0.185 e. The molecule has 0 radical (unpaired) electrons. The number of hydrogen-bond donors (Lipinski definition) is 0. The van der Waals surface area contributed by atoms with E-state index in [0.717, 1.165) is 5.75 Å². The van der Waals surface area contributed by atoms with Crippen LogP contribution < -0.4 is 0 Å². The minimum Gasteiger partial charge on any atom is -0.224 e. The lowest BCUT2D eigenvalue weighted by atomic mass is 10.2. The summed E-state index contributed by atoms with van der Waals surface area (Å²) >= 11 is 1.70. The second kappa shape index (κ2) is 5.07.